The minimum Gasteiger partial charge on any atom is -0.497 e. The summed E-state index contributed by atoms with van der Waals surface area (Å²) in [5.41, 5.74) is 4.96. The van der Waals surface area contributed by atoms with E-state index in [1.54, 1.807) is 14.2 Å². The summed E-state index contributed by atoms with van der Waals surface area (Å²) in [5.74, 6) is 1.33. The smallest absolute Gasteiger partial charge is 0.255 e. The van der Waals surface area contributed by atoms with Crippen molar-refractivity contribution in [2.75, 3.05) is 19.5 Å². The monoisotopic (exact) mass is 398 g/mol. The first-order valence-corrected chi connectivity index (χ1v) is 9.58. The number of carbonyl (C=O) groups is 1. The number of aryl methyl sites for hydroxylation is 1. The van der Waals surface area contributed by atoms with Crippen LogP contribution in [0.4, 0.5) is 5.69 Å². The lowest BCUT2D eigenvalue weighted by molar-refractivity contribution is 0.102. The molecule has 0 aliphatic carbocycles. The van der Waals surface area contributed by atoms with Gasteiger partial charge in [-0.2, -0.15) is 0 Å². The number of pyridine rings is 1. The molecule has 5 nitrogen and oxygen atoms in total. The average Bonchev–Trinajstić information content (AvgIpc) is 2.78. The van der Waals surface area contributed by atoms with Crippen molar-refractivity contribution in [1.82, 2.24) is 4.98 Å². The van der Waals surface area contributed by atoms with E-state index in [0.29, 0.717) is 17.0 Å². The highest BCUT2D eigenvalue weighted by molar-refractivity contribution is 6.05. The second-order valence-electron chi connectivity index (χ2n) is 6.99. The number of nitrogens with zero attached hydrogens (tertiary/aromatic N) is 1. The molecule has 30 heavy (non-hydrogen) atoms. The number of anilines is 1. The molecule has 4 rings (SSSR count). The van der Waals surface area contributed by atoms with E-state index in [9.17, 15) is 4.79 Å². The Balaban J connectivity index is 1.66. The molecule has 1 amide bonds. The fourth-order valence-corrected chi connectivity index (χ4v) is 3.26. The highest BCUT2D eigenvalue weighted by atomic mass is 16.5. The summed E-state index contributed by atoms with van der Waals surface area (Å²) < 4.78 is 10.8. The first-order chi connectivity index (χ1) is 14.6. The van der Waals surface area contributed by atoms with E-state index in [1.807, 2.05) is 79.7 Å². The summed E-state index contributed by atoms with van der Waals surface area (Å²) in [4.78, 5) is 17.3. The third kappa shape index (κ3) is 3.96. The number of carbonyl (C=O) groups excluding carboxylic acids is 1. The van der Waals surface area contributed by atoms with Crippen LogP contribution in [0.25, 0.3) is 22.2 Å². The third-order valence-corrected chi connectivity index (χ3v) is 4.95. The predicted molar refractivity (Wildman–Crippen MR) is 119 cm³/mol. The molecule has 3 aromatic carbocycles. The molecule has 0 radical (unpaired) electrons. The molecule has 4 aromatic rings. The first-order valence-electron chi connectivity index (χ1n) is 9.58. The molecule has 5 heteroatoms. The second-order valence-corrected chi connectivity index (χ2v) is 6.99. The SMILES string of the molecule is COc1ccc(-c2cc(OC)c3cc(NC(=O)c4ccc(C)cc4)ccc3n2)cc1. The molecule has 1 aromatic heterocycles. The number of methoxy groups -OCH3 is 2. The van der Waals surface area contributed by atoms with Crippen LogP contribution in [-0.2, 0) is 0 Å². The number of nitrogens with one attached hydrogen (secondary N) is 1. The fraction of sp³-hybridized carbons (Fsp3) is 0.120. The fourth-order valence-electron chi connectivity index (χ4n) is 3.26. The van der Waals surface area contributed by atoms with Crippen LogP contribution in [0, 0.1) is 6.92 Å². The van der Waals surface area contributed by atoms with Gasteiger partial charge in [-0.15, -0.1) is 0 Å². The Hall–Kier alpha value is -3.86. The number of fused-ring (bicyclic) bond motifs is 1. The van der Waals surface area contributed by atoms with Crippen molar-refractivity contribution >= 4 is 22.5 Å². The molecular formula is C25H22N2O3. The van der Waals surface area contributed by atoms with Crippen molar-refractivity contribution in [1.29, 1.82) is 0 Å². The Kier molecular flexibility index (Phi) is 5.35. The van der Waals surface area contributed by atoms with Crippen molar-refractivity contribution in [3.05, 3.63) is 83.9 Å². The molecule has 0 unspecified atom stereocenters. The van der Waals surface area contributed by atoms with E-state index in [1.165, 1.54) is 0 Å². The van der Waals surface area contributed by atoms with Crippen LogP contribution in [0.5, 0.6) is 11.5 Å². The summed E-state index contributed by atoms with van der Waals surface area (Å²) in [7, 11) is 3.27. The van der Waals surface area contributed by atoms with Crippen molar-refractivity contribution in [2.24, 2.45) is 0 Å². The van der Waals surface area contributed by atoms with Gasteiger partial charge < -0.3 is 14.8 Å². The lowest BCUT2D eigenvalue weighted by Crippen LogP contribution is -2.11. The molecule has 0 bridgehead atoms. The van der Waals surface area contributed by atoms with Gasteiger partial charge >= 0.3 is 0 Å². The maximum Gasteiger partial charge on any atom is 0.255 e. The van der Waals surface area contributed by atoms with Crippen LogP contribution in [0.3, 0.4) is 0 Å². The van der Waals surface area contributed by atoms with Crippen LogP contribution in [-0.4, -0.2) is 25.1 Å². The van der Waals surface area contributed by atoms with Crippen molar-refractivity contribution < 1.29 is 14.3 Å². The largest absolute Gasteiger partial charge is 0.497 e. The first kappa shape index (κ1) is 19.5. The Morgan fingerprint density at radius 3 is 2.27 bits per heavy atom. The standard InChI is InChI=1S/C25H22N2O3/c1-16-4-6-18(7-5-16)25(28)26-19-10-13-22-21(14-19)24(30-3)15-23(27-22)17-8-11-20(29-2)12-9-17/h4-15H,1-3H3,(H,26,28). The molecule has 1 N–H and O–H groups in total. The zero-order valence-electron chi connectivity index (χ0n) is 17.1. The minimum absolute atomic E-state index is 0.156. The normalized spacial score (nSPS) is 10.6. The van der Waals surface area contributed by atoms with Crippen LogP contribution in [0.2, 0.25) is 0 Å². The van der Waals surface area contributed by atoms with Gasteiger partial charge in [-0.1, -0.05) is 17.7 Å². The number of hydrogen-bond acceptors (Lipinski definition) is 4. The summed E-state index contributed by atoms with van der Waals surface area (Å²) in [6.45, 7) is 1.99. The quantitative estimate of drug-likeness (QED) is 0.484. The summed E-state index contributed by atoms with van der Waals surface area (Å²) in [5, 5.41) is 3.77. The van der Waals surface area contributed by atoms with Gasteiger partial charge in [0.25, 0.3) is 5.91 Å². The number of hydrogen-bond donors (Lipinski definition) is 1. The van der Waals surface area contributed by atoms with Gasteiger partial charge in [0.05, 0.1) is 25.4 Å². The van der Waals surface area contributed by atoms with Crippen LogP contribution < -0.4 is 14.8 Å². The zero-order chi connectivity index (χ0) is 21.1. The van der Waals surface area contributed by atoms with Crippen molar-refractivity contribution in [3.8, 4) is 22.8 Å². The van der Waals surface area contributed by atoms with Crippen molar-refractivity contribution in [2.45, 2.75) is 6.92 Å². The van der Waals surface area contributed by atoms with E-state index in [-0.39, 0.29) is 5.91 Å². The van der Waals surface area contributed by atoms with Gasteiger partial charge in [0.15, 0.2) is 0 Å². The number of ether oxygens (including phenoxy) is 2. The van der Waals surface area contributed by atoms with Gasteiger partial charge in [0, 0.05) is 28.3 Å². The maximum atomic E-state index is 12.5. The highest BCUT2D eigenvalue weighted by Gasteiger charge is 2.11. The van der Waals surface area contributed by atoms with Crippen LogP contribution in [0.15, 0.2) is 72.8 Å². The molecule has 0 aliphatic heterocycles. The van der Waals surface area contributed by atoms with Gasteiger partial charge in [0.2, 0.25) is 0 Å². The van der Waals surface area contributed by atoms with Crippen LogP contribution in [0.1, 0.15) is 15.9 Å². The van der Waals surface area contributed by atoms with E-state index >= 15 is 0 Å². The number of rotatable bonds is 5. The maximum absolute atomic E-state index is 12.5. The Bertz CT molecular complexity index is 1200. The number of aromatic nitrogens is 1. The van der Waals surface area contributed by atoms with Gasteiger partial charge in [-0.3, -0.25) is 4.79 Å². The Morgan fingerprint density at radius 1 is 0.867 bits per heavy atom. The third-order valence-electron chi connectivity index (χ3n) is 4.95. The lowest BCUT2D eigenvalue weighted by atomic mass is 10.1. The molecule has 0 aliphatic rings. The van der Waals surface area contributed by atoms with Gasteiger partial charge in [-0.25, -0.2) is 4.98 Å². The predicted octanol–water partition coefficient (Wildman–Crippen LogP) is 5.48. The molecule has 0 saturated heterocycles. The van der Waals surface area contributed by atoms with E-state index in [2.05, 4.69) is 5.32 Å². The molecular weight excluding hydrogens is 376 g/mol. The molecule has 0 saturated carbocycles. The molecule has 0 spiro atoms. The second kappa shape index (κ2) is 8.25. The number of amides is 1. The Morgan fingerprint density at radius 2 is 1.60 bits per heavy atom. The van der Waals surface area contributed by atoms with E-state index in [4.69, 9.17) is 14.5 Å². The van der Waals surface area contributed by atoms with Gasteiger partial charge in [0.1, 0.15) is 11.5 Å². The zero-order valence-corrected chi connectivity index (χ0v) is 17.1. The number of benzene rings is 3. The Labute approximate surface area is 175 Å². The van der Waals surface area contributed by atoms with E-state index < -0.39 is 0 Å². The topological polar surface area (TPSA) is 60.5 Å². The molecule has 150 valence electrons. The molecule has 1 heterocycles. The molecule has 0 atom stereocenters. The van der Waals surface area contributed by atoms with Crippen LogP contribution >= 0.6 is 0 Å². The van der Waals surface area contributed by atoms with E-state index in [0.717, 1.165) is 33.5 Å². The lowest BCUT2D eigenvalue weighted by Gasteiger charge is -2.12. The average molecular weight is 398 g/mol. The summed E-state index contributed by atoms with van der Waals surface area (Å²) >= 11 is 0. The highest BCUT2D eigenvalue weighted by Crippen LogP contribution is 2.32. The van der Waals surface area contributed by atoms with Gasteiger partial charge in [-0.05, 0) is 61.5 Å². The summed E-state index contributed by atoms with van der Waals surface area (Å²) in [6, 6.07) is 22.7. The van der Waals surface area contributed by atoms with Crippen molar-refractivity contribution in [3.63, 3.8) is 0 Å². The minimum atomic E-state index is -0.156. The summed E-state index contributed by atoms with van der Waals surface area (Å²) in [6.07, 6.45) is 0. The molecule has 0 fully saturated rings.